The van der Waals surface area contributed by atoms with Crippen molar-refractivity contribution in [3.63, 3.8) is 0 Å². The fourth-order valence-electron chi connectivity index (χ4n) is 2.72. The average Bonchev–Trinajstić information content (AvgIpc) is 2.27. The highest BCUT2D eigenvalue weighted by molar-refractivity contribution is 4.71. The molecule has 1 aliphatic rings. The minimum Gasteiger partial charge on any atom is -0.375 e. The number of hydrogen-bond donors (Lipinski definition) is 0. The van der Waals surface area contributed by atoms with E-state index in [1.54, 1.807) is 0 Å². The SMILES string of the molecule is CCCC(C)C(CC)OC1CCCCC1. The second-order valence-electron chi connectivity index (χ2n) is 5.11. The first-order valence-corrected chi connectivity index (χ1v) is 6.93. The summed E-state index contributed by atoms with van der Waals surface area (Å²) in [4.78, 5) is 0. The third kappa shape index (κ3) is 4.55. The van der Waals surface area contributed by atoms with Crippen LogP contribution in [0.1, 0.15) is 72.1 Å². The quantitative estimate of drug-likeness (QED) is 0.627. The van der Waals surface area contributed by atoms with E-state index in [1.807, 2.05) is 0 Å². The molecule has 1 rings (SSSR count). The molecule has 1 fully saturated rings. The summed E-state index contributed by atoms with van der Waals surface area (Å²) in [5.74, 6) is 0.738. The second kappa shape index (κ2) is 7.27. The maximum absolute atomic E-state index is 6.25. The van der Waals surface area contributed by atoms with Crippen LogP contribution in [-0.2, 0) is 4.74 Å². The van der Waals surface area contributed by atoms with Gasteiger partial charge in [-0.1, -0.05) is 46.5 Å². The molecule has 0 aromatic carbocycles. The van der Waals surface area contributed by atoms with Crippen molar-refractivity contribution in [1.29, 1.82) is 0 Å². The summed E-state index contributed by atoms with van der Waals surface area (Å²) < 4.78 is 6.25. The van der Waals surface area contributed by atoms with E-state index in [-0.39, 0.29) is 0 Å². The van der Waals surface area contributed by atoms with Gasteiger partial charge in [0.05, 0.1) is 12.2 Å². The average molecular weight is 212 g/mol. The fraction of sp³-hybridized carbons (Fsp3) is 1.00. The molecular formula is C14H28O. The Hall–Kier alpha value is -0.0400. The molecule has 0 radical (unpaired) electrons. The highest BCUT2D eigenvalue weighted by Gasteiger charge is 2.21. The molecule has 1 aliphatic carbocycles. The zero-order valence-electron chi connectivity index (χ0n) is 10.8. The smallest absolute Gasteiger partial charge is 0.0601 e. The normalized spacial score (nSPS) is 22.6. The van der Waals surface area contributed by atoms with Crippen LogP contribution in [0.3, 0.4) is 0 Å². The lowest BCUT2D eigenvalue weighted by atomic mass is 9.94. The highest BCUT2D eigenvalue weighted by Crippen LogP contribution is 2.25. The Morgan fingerprint density at radius 2 is 1.80 bits per heavy atom. The van der Waals surface area contributed by atoms with Gasteiger partial charge < -0.3 is 4.74 Å². The zero-order chi connectivity index (χ0) is 11.1. The molecule has 0 amide bonds. The molecule has 0 aliphatic heterocycles. The third-order valence-electron chi connectivity index (χ3n) is 3.70. The van der Waals surface area contributed by atoms with Crippen LogP contribution in [0, 0.1) is 5.92 Å². The van der Waals surface area contributed by atoms with Gasteiger partial charge in [-0.15, -0.1) is 0 Å². The Balaban J connectivity index is 2.30. The summed E-state index contributed by atoms with van der Waals surface area (Å²) in [6, 6.07) is 0. The van der Waals surface area contributed by atoms with Crippen LogP contribution in [0.5, 0.6) is 0 Å². The molecule has 0 aromatic rings. The van der Waals surface area contributed by atoms with Crippen LogP contribution in [0.15, 0.2) is 0 Å². The molecule has 90 valence electrons. The summed E-state index contributed by atoms with van der Waals surface area (Å²) in [6.07, 6.45) is 11.6. The maximum atomic E-state index is 6.25. The van der Waals surface area contributed by atoms with Crippen LogP contribution < -0.4 is 0 Å². The first kappa shape index (κ1) is 13.0. The van der Waals surface area contributed by atoms with Gasteiger partial charge in [0.1, 0.15) is 0 Å². The lowest BCUT2D eigenvalue weighted by Crippen LogP contribution is -2.28. The van der Waals surface area contributed by atoms with Crippen molar-refractivity contribution in [2.45, 2.75) is 84.3 Å². The third-order valence-corrected chi connectivity index (χ3v) is 3.70. The van der Waals surface area contributed by atoms with E-state index in [4.69, 9.17) is 4.74 Å². The summed E-state index contributed by atoms with van der Waals surface area (Å²) in [5.41, 5.74) is 0. The van der Waals surface area contributed by atoms with E-state index in [1.165, 1.54) is 51.4 Å². The molecule has 1 heteroatoms. The van der Waals surface area contributed by atoms with Crippen molar-refractivity contribution < 1.29 is 4.74 Å². The Kier molecular flexibility index (Phi) is 6.31. The second-order valence-corrected chi connectivity index (χ2v) is 5.11. The molecule has 0 bridgehead atoms. The summed E-state index contributed by atoms with van der Waals surface area (Å²) in [5, 5.41) is 0. The molecule has 0 saturated heterocycles. The molecule has 1 saturated carbocycles. The van der Waals surface area contributed by atoms with E-state index >= 15 is 0 Å². The van der Waals surface area contributed by atoms with Crippen molar-refractivity contribution in [2.75, 3.05) is 0 Å². The van der Waals surface area contributed by atoms with Gasteiger partial charge in [0.15, 0.2) is 0 Å². The topological polar surface area (TPSA) is 9.23 Å². The van der Waals surface area contributed by atoms with Crippen molar-refractivity contribution in [1.82, 2.24) is 0 Å². The van der Waals surface area contributed by atoms with Gasteiger partial charge in [0.2, 0.25) is 0 Å². The van der Waals surface area contributed by atoms with Gasteiger partial charge >= 0.3 is 0 Å². The molecule has 0 N–H and O–H groups in total. The number of ether oxygens (including phenoxy) is 1. The van der Waals surface area contributed by atoms with E-state index < -0.39 is 0 Å². The molecule has 2 atom stereocenters. The van der Waals surface area contributed by atoms with Gasteiger partial charge in [-0.2, -0.15) is 0 Å². The molecule has 0 spiro atoms. The minimum absolute atomic E-state index is 0.507. The van der Waals surface area contributed by atoms with Crippen LogP contribution in [0.4, 0.5) is 0 Å². The van der Waals surface area contributed by atoms with Crippen LogP contribution in [0.2, 0.25) is 0 Å². The van der Waals surface area contributed by atoms with Crippen molar-refractivity contribution >= 4 is 0 Å². The summed E-state index contributed by atoms with van der Waals surface area (Å²) >= 11 is 0. The largest absolute Gasteiger partial charge is 0.375 e. The monoisotopic (exact) mass is 212 g/mol. The van der Waals surface area contributed by atoms with Gasteiger partial charge in [0, 0.05) is 0 Å². The Bertz CT molecular complexity index is 149. The summed E-state index contributed by atoms with van der Waals surface area (Å²) in [6.45, 7) is 6.88. The Morgan fingerprint density at radius 1 is 1.13 bits per heavy atom. The highest BCUT2D eigenvalue weighted by atomic mass is 16.5. The maximum Gasteiger partial charge on any atom is 0.0601 e. The lowest BCUT2D eigenvalue weighted by molar-refractivity contribution is -0.0569. The van der Waals surface area contributed by atoms with E-state index in [0.717, 1.165) is 5.92 Å². The lowest BCUT2D eigenvalue weighted by Gasteiger charge is -2.30. The first-order chi connectivity index (χ1) is 7.27. The molecular weight excluding hydrogens is 184 g/mol. The predicted molar refractivity (Wildman–Crippen MR) is 66.1 cm³/mol. The van der Waals surface area contributed by atoms with E-state index in [9.17, 15) is 0 Å². The van der Waals surface area contributed by atoms with Gasteiger partial charge in [-0.25, -0.2) is 0 Å². The molecule has 15 heavy (non-hydrogen) atoms. The first-order valence-electron chi connectivity index (χ1n) is 6.93. The Morgan fingerprint density at radius 3 is 2.33 bits per heavy atom. The Labute approximate surface area is 95.6 Å². The van der Waals surface area contributed by atoms with Crippen LogP contribution >= 0.6 is 0 Å². The molecule has 0 aromatic heterocycles. The number of rotatable bonds is 6. The van der Waals surface area contributed by atoms with E-state index in [2.05, 4.69) is 20.8 Å². The minimum atomic E-state index is 0.507. The van der Waals surface area contributed by atoms with E-state index in [0.29, 0.717) is 12.2 Å². The predicted octanol–water partition coefficient (Wildman–Crippen LogP) is 4.55. The van der Waals surface area contributed by atoms with Crippen LogP contribution in [-0.4, -0.2) is 12.2 Å². The fourth-order valence-corrected chi connectivity index (χ4v) is 2.72. The van der Waals surface area contributed by atoms with Crippen LogP contribution in [0.25, 0.3) is 0 Å². The van der Waals surface area contributed by atoms with Gasteiger partial charge in [-0.3, -0.25) is 0 Å². The summed E-state index contributed by atoms with van der Waals surface area (Å²) in [7, 11) is 0. The van der Waals surface area contributed by atoms with Gasteiger partial charge in [0.25, 0.3) is 0 Å². The van der Waals surface area contributed by atoms with Crippen molar-refractivity contribution in [3.05, 3.63) is 0 Å². The standard InChI is InChI=1S/C14H28O/c1-4-9-12(3)14(5-2)15-13-10-7-6-8-11-13/h12-14H,4-11H2,1-3H3. The molecule has 1 nitrogen and oxygen atoms in total. The van der Waals surface area contributed by atoms with Crippen molar-refractivity contribution in [3.8, 4) is 0 Å². The zero-order valence-corrected chi connectivity index (χ0v) is 10.8. The molecule has 2 unspecified atom stereocenters. The number of hydrogen-bond acceptors (Lipinski definition) is 1. The van der Waals surface area contributed by atoms with Crippen molar-refractivity contribution in [2.24, 2.45) is 5.92 Å². The molecule has 0 heterocycles. The van der Waals surface area contributed by atoms with Gasteiger partial charge in [-0.05, 0) is 31.6 Å².